The number of aryl methyl sites for hydroxylation is 1. The van der Waals surface area contributed by atoms with E-state index in [9.17, 15) is 5.11 Å². The van der Waals surface area contributed by atoms with E-state index in [0.717, 1.165) is 38.4 Å². The summed E-state index contributed by atoms with van der Waals surface area (Å²) in [7, 11) is 0. The molecule has 1 aliphatic heterocycles. The number of aliphatic hydroxyl groups is 1. The van der Waals surface area contributed by atoms with E-state index in [0.29, 0.717) is 6.54 Å². The van der Waals surface area contributed by atoms with Gasteiger partial charge in [-0.1, -0.05) is 17.8 Å². The Morgan fingerprint density at radius 2 is 2.09 bits per heavy atom. The van der Waals surface area contributed by atoms with Gasteiger partial charge in [-0.25, -0.2) is 15.0 Å². The van der Waals surface area contributed by atoms with Gasteiger partial charge in [0.25, 0.3) is 0 Å². The van der Waals surface area contributed by atoms with Crippen LogP contribution in [0.15, 0.2) is 46.8 Å². The van der Waals surface area contributed by atoms with Crippen molar-refractivity contribution in [2.24, 2.45) is 0 Å². The molecule has 6 nitrogen and oxygen atoms in total. The third-order valence-corrected chi connectivity index (χ3v) is 4.89. The van der Waals surface area contributed by atoms with Crippen molar-refractivity contribution in [1.82, 2.24) is 19.5 Å². The van der Waals surface area contributed by atoms with Crippen molar-refractivity contribution in [3.63, 3.8) is 0 Å². The van der Waals surface area contributed by atoms with E-state index in [1.165, 1.54) is 0 Å². The van der Waals surface area contributed by atoms with Crippen LogP contribution in [0.5, 0.6) is 0 Å². The van der Waals surface area contributed by atoms with Crippen molar-refractivity contribution in [2.45, 2.75) is 30.0 Å². The minimum atomic E-state index is -0.00611. The quantitative estimate of drug-likeness (QED) is 0.603. The van der Waals surface area contributed by atoms with Crippen LogP contribution in [-0.2, 0) is 13.2 Å². The van der Waals surface area contributed by atoms with Crippen LogP contribution in [-0.4, -0.2) is 24.6 Å². The summed E-state index contributed by atoms with van der Waals surface area (Å²) in [6, 6.07) is 6.28. The molecule has 0 bridgehead atoms. The van der Waals surface area contributed by atoms with Gasteiger partial charge in [0.05, 0.1) is 30.0 Å². The van der Waals surface area contributed by atoms with Gasteiger partial charge in [-0.15, -0.1) is 0 Å². The zero-order chi connectivity index (χ0) is 15.8. The van der Waals surface area contributed by atoms with Gasteiger partial charge in [-0.05, 0) is 24.6 Å². The first-order valence-corrected chi connectivity index (χ1v) is 8.06. The Morgan fingerprint density at radius 3 is 2.96 bits per heavy atom. The molecule has 3 heterocycles. The van der Waals surface area contributed by atoms with Crippen LogP contribution < -0.4 is 5.32 Å². The fourth-order valence-corrected chi connectivity index (χ4v) is 3.50. The molecule has 0 radical (unpaired) electrons. The Morgan fingerprint density at radius 1 is 1.22 bits per heavy atom. The Hall–Kier alpha value is -2.38. The first-order valence-electron chi connectivity index (χ1n) is 7.25. The summed E-state index contributed by atoms with van der Waals surface area (Å²) >= 11 is 1.61. The fourth-order valence-electron chi connectivity index (χ4n) is 2.63. The standard InChI is InChI=1S/C16H15N5OS/c1-10-13(8-22)21(9-19-10)7-11-2-3-14-12(6-11)20-15-16(23-14)18-5-4-17-15/h2-6,9,22H,7-8H2,1H3,(H,17,20). The van der Waals surface area contributed by atoms with Gasteiger partial charge in [0.15, 0.2) is 5.82 Å². The van der Waals surface area contributed by atoms with Crippen LogP contribution in [0.1, 0.15) is 17.0 Å². The second-order valence-electron chi connectivity index (χ2n) is 5.33. The largest absolute Gasteiger partial charge is 0.390 e. The lowest BCUT2D eigenvalue weighted by Crippen LogP contribution is -2.07. The highest BCUT2D eigenvalue weighted by atomic mass is 32.2. The number of nitrogens with one attached hydrogen (secondary N) is 1. The number of benzene rings is 1. The number of fused-ring (bicyclic) bond motifs is 2. The monoisotopic (exact) mass is 325 g/mol. The lowest BCUT2D eigenvalue weighted by Gasteiger charge is -2.19. The molecule has 116 valence electrons. The van der Waals surface area contributed by atoms with Crippen LogP contribution in [0.4, 0.5) is 11.5 Å². The molecular weight excluding hydrogens is 310 g/mol. The van der Waals surface area contributed by atoms with Crippen molar-refractivity contribution in [3.05, 3.63) is 53.9 Å². The van der Waals surface area contributed by atoms with Crippen LogP contribution in [0.3, 0.4) is 0 Å². The molecule has 4 rings (SSSR count). The lowest BCUT2D eigenvalue weighted by atomic mass is 10.2. The van der Waals surface area contributed by atoms with Gasteiger partial charge < -0.3 is 15.0 Å². The molecule has 0 aliphatic carbocycles. The average Bonchev–Trinajstić information content (AvgIpc) is 2.92. The Balaban J connectivity index is 1.63. The van der Waals surface area contributed by atoms with Gasteiger partial charge >= 0.3 is 0 Å². The molecule has 0 amide bonds. The van der Waals surface area contributed by atoms with Gasteiger partial charge in [-0.2, -0.15) is 0 Å². The van der Waals surface area contributed by atoms with Crippen LogP contribution in [0.2, 0.25) is 0 Å². The topological polar surface area (TPSA) is 75.9 Å². The van der Waals surface area contributed by atoms with Gasteiger partial charge in [0.1, 0.15) is 5.03 Å². The van der Waals surface area contributed by atoms with Crippen molar-refractivity contribution < 1.29 is 5.11 Å². The van der Waals surface area contributed by atoms with E-state index in [1.54, 1.807) is 30.5 Å². The van der Waals surface area contributed by atoms with Gasteiger partial charge in [0, 0.05) is 23.8 Å². The number of aliphatic hydroxyl groups excluding tert-OH is 1. The summed E-state index contributed by atoms with van der Waals surface area (Å²) in [6.45, 7) is 2.57. The number of rotatable bonds is 3. The SMILES string of the molecule is Cc1ncn(Cc2ccc3c(c2)Nc2nccnc2S3)c1CO. The van der Waals surface area contributed by atoms with E-state index < -0.39 is 0 Å². The Bertz CT molecular complexity index is 877. The number of hydrogen-bond acceptors (Lipinski definition) is 6. The summed E-state index contributed by atoms with van der Waals surface area (Å²) < 4.78 is 1.97. The molecule has 0 unspecified atom stereocenters. The summed E-state index contributed by atoms with van der Waals surface area (Å²) in [6.07, 6.45) is 5.15. The molecule has 0 atom stereocenters. The zero-order valence-electron chi connectivity index (χ0n) is 12.5. The average molecular weight is 325 g/mol. The molecule has 3 aromatic rings. The van der Waals surface area contributed by atoms with Gasteiger partial charge in [-0.3, -0.25) is 0 Å². The minimum absolute atomic E-state index is 0.00611. The highest BCUT2D eigenvalue weighted by Crippen LogP contribution is 2.42. The van der Waals surface area contributed by atoms with Crippen LogP contribution >= 0.6 is 11.8 Å². The van der Waals surface area contributed by atoms with Crippen molar-refractivity contribution in [1.29, 1.82) is 0 Å². The smallest absolute Gasteiger partial charge is 0.163 e. The molecule has 2 N–H and O–H groups in total. The molecular formula is C16H15N5OS. The maximum atomic E-state index is 9.48. The molecule has 0 spiro atoms. The minimum Gasteiger partial charge on any atom is -0.390 e. The van der Waals surface area contributed by atoms with Crippen molar-refractivity contribution in [2.75, 3.05) is 5.32 Å². The number of nitrogens with zero attached hydrogens (tertiary/aromatic N) is 4. The highest BCUT2D eigenvalue weighted by Gasteiger charge is 2.18. The van der Waals surface area contributed by atoms with Crippen molar-refractivity contribution >= 4 is 23.3 Å². The van der Waals surface area contributed by atoms with E-state index >= 15 is 0 Å². The first-order chi connectivity index (χ1) is 11.2. The first kappa shape index (κ1) is 14.2. The van der Waals surface area contributed by atoms with Crippen LogP contribution in [0, 0.1) is 6.92 Å². The number of aromatic nitrogens is 4. The molecule has 23 heavy (non-hydrogen) atoms. The summed E-state index contributed by atoms with van der Waals surface area (Å²) in [5.41, 5.74) is 3.88. The predicted molar refractivity (Wildman–Crippen MR) is 87.9 cm³/mol. The molecule has 1 aliphatic rings. The predicted octanol–water partition coefficient (Wildman–Crippen LogP) is 2.73. The third-order valence-electron chi connectivity index (χ3n) is 3.83. The fraction of sp³-hybridized carbons (Fsp3) is 0.188. The summed E-state index contributed by atoms with van der Waals surface area (Å²) in [5, 5.41) is 13.7. The van der Waals surface area contributed by atoms with E-state index in [4.69, 9.17) is 0 Å². The summed E-state index contributed by atoms with van der Waals surface area (Å²) in [5.74, 6) is 0.789. The molecule has 0 saturated heterocycles. The Labute approximate surface area is 137 Å². The van der Waals surface area contributed by atoms with E-state index in [2.05, 4.69) is 38.5 Å². The van der Waals surface area contributed by atoms with E-state index in [1.807, 2.05) is 11.5 Å². The zero-order valence-corrected chi connectivity index (χ0v) is 13.3. The highest BCUT2D eigenvalue weighted by molar-refractivity contribution is 7.99. The molecule has 1 aromatic carbocycles. The molecule has 0 saturated carbocycles. The normalized spacial score (nSPS) is 12.4. The Kier molecular flexibility index (Phi) is 3.51. The van der Waals surface area contributed by atoms with Gasteiger partial charge in [0.2, 0.25) is 0 Å². The lowest BCUT2D eigenvalue weighted by molar-refractivity contribution is 0.270. The number of anilines is 2. The second-order valence-corrected chi connectivity index (χ2v) is 6.36. The summed E-state index contributed by atoms with van der Waals surface area (Å²) in [4.78, 5) is 14.0. The number of imidazole rings is 1. The van der Waals surface area contributed by atoms with Crippen LogP contribution in [0.25, 0.3) is 0 Å². The molecule has 2 aromatic heterocycles. The maximum absolute atomic E-state index is 9.48. The number of hydrogen-bond donors (Lipinski definition) is 2. The third kappa shape index (κ3) is 2.58. The molecule has 7 heteroatoms. The van der Waals surface area contributed by atoms with Crippen molar-refractivity contribution in [3.8, 4) is 0 Å². The second kappa shape index (κ2) is 5.68. The van der Waals surface area contributed by atoms with E-state index in [-0.39, 0.29) is 6.61 Å². The molecule has 0 fully saturated rings. The maximum Gasteiger partial charge on any atom is 0.163 e.